The predicted molar refractivity (Wildman–Crippen MR) is 52.6 cm³/mol. The van der Waals surface area contributed by atoms with Gasteiger partial charge in [0.25, 0.3) is 0 Å². The minimum absolute atomic E-state index is 0.418. The van der Waals surface area contributed by atoms with Crippen LogP contribution in [0.5, 0.6) is 0 Å². The predicted octanol–water partition coefficient (Wildman–Crippen LogP) is 1.61. The summed E-state index contributed by atoms with van der Waals surface area (Å²) < 4.78 is 5.20. The molecule has 1 aromatic heterocycles. The Morgan fingerprint density at radius 2 is 2.29 bits per heavy atom. The summed E-state index contributed by atoms with van der Waals surface area (Å²) in [4.78, 5) is 4.33. The lowest BCUT2D eigenvalue weighted by molar-refractivity contribution is 0.272. The van der Waals surface area contributed by atoms with Gasteiger partial charge in [0.05, 0.1) is 5.54 Å². The van der Waals surface area contributed by atoms with Gasteiger partial charge in [0, 0.05) is 6.42 Å². The summed E-state index contributed by atoms with van der Waals surface area (Å²) in [5, 5.41) is 3.92. The van der Waals surface area contributed by atoms with E-state index >= 15 is 0 Å². The highest BCUT2D eigenvalue weighted by Gasteiger charge is 2.43. The van der Waals surface area contributed by atoms with Gasteiger partial charge >= 0.3 is 0 Å². The van der Waals surface area contributed by atoms with Gasteiger partial charge in [-0.1, -0.05) is 12.1 Å². The van der Waals surface area contributed by atoms with Crippen LogP contribution in [0, 0.1) is 5.92 Å². The maximum absolute atomic E-state index is 6.16. The van der Waals surface area contributed by atoms with Crippen LogP contribution in [0.2, 0.25) is 0 Å². The molecule has 4 nitrogen and oxygen atoms in total. The molecule has 1 unspecified atom stereocenters. The first-order valence-electron chi connectivity index (χ1n) is 5.26. The molecular weight excluding hydrogens is 178 g/mol. The van der Waals surface area contributed by atoms with Gasteiger partial charge in [0.15, 0.2) is 5.82 Å². The molecule has 0 bridgehead atoms. The highest BCUT2D eigenvalue weighted by atomic mass is 16.5. The highest BCUT2D eigenvalue weighted by Crippen LogP contribution is 2.43. The van der Waals surface area contributed by atoms with E-state index in [1.807, 2.05) is 6.92 Å². The van der Waals surface area contributed by atoms with Crippen molar-refractivity contribution >= 4 is 0 Å². The van der Waals surface area contributed by atoms with Crippen LogP contribution in [0.3, 0.4) is 0 Å². The minimum Gasteiger partial charge on any atom is -0.337 e. The first-order valence-corrected chi connectivity index (χ1v) is 5.26. The summed E-state index contributed by atoms with van der Waals surface area (Å²) in [6, 6.07) is 0. The lowest BCUT2D eigenvalue weighted by Gasteiger charge is -2.18. The zero-order chi connectivity index (χ0) is 10.2. The Kier molecular flexibility index (Phi) is 2.31. The number of aryl methyl sites for hydroxylation is 1. The molecule has 0 spiro atoms. The average Bonchev–Trinajstić information content (AvgIpc) is 2.89. The Balaban J connectivity index is 2.14. The van der Waals surface area contributed by atoms with Crippen LogP contribution in [-0.2, 0) is 12.0 Å². The van der Waals surface area contributed by atoms with Crippen molar-refractivity contribution in [3.05, 3.63) is 11.7 Å². The van der Waals surface area contributed by atoms with Crippen LogP contribution in [0.1, 0.15) is 44.8 Å². The van der Waals surface area contributed by atoms with Crippen LogP contribution in [0.25, 0.3) is 0 Å². The second-order valence-corrected chi connectivity index (χ2v) is 4.32. The van der Waals surface area contributed by atoms with Crippen molar-refractivity contribution in [3.63, 3.8) is 0 Å². The lowest BCUT2D eigenvalue weighted by atomic mass is 9.97. The molecule has 0 saturated heterocycles. The fourth-order valence-electron chi connectivity index (χ4n) is 1.66. The van der Waals surface area contributed by atoms with E-state index in [4.69, 9.17) is 10.3 Å². The molecule has 0 aliphatic heterocycles. The van der Waals surface area contributed by atoms with Crippen molar-refractivity contribution in [1.29, 1.82) is 0 Å². The van der Waals surface area contributed by atoms with E-state index in [9.17, 15) is 0 Å². The van der Waals surface area contributed by atoms with Crippen molar-refractivity contribution < 1.29 is 4.52 Å². The fraction of sp³-hybridized carbons (Fsp3) is 0.800. The average molecular weight is 195 g/mol. The van der Waals surface area contributed by atoms with Crippen LogP contribution in [0.15, 0.2) is 4.52 Å². The van der Waals surface area contributed by atoms with Gasteiger partial charge < -0.3 is 10.3 Å². The molecule has 0 amide bonds. The first kappa shape index (κ1) is 9.65. The molecule has 1 aliphatic carbocycles. The molecule has 1 saturated carbocycles. The van der Waals surface area contributed by atoms with Crippen molar-refractivity contribution in [2.75, 3.05) is 0 Å². The first-order chi connectivity index (χ1) is 6.64. The SMILES string of the molecule is CCCc1noc(C(C)(N)C2CC2)n1. The second kappa shape index (κ2) is 3.35. The van der Waals surface area contributed by atoms with Crippen LogP contribution in [-0.4, -0.2) is 10.1 Å². The van der Waals surface area contributed by atoms with E-state index in [2.05, 4.69) is 17.1 Å². The number of nitrogens with two attached hydrogens (primary N) is 1. The third-order valence-electron chi connectivity index (χ3n) is 2.83. The van der Waals surface area contributed by atoms with Crippen LogP contribution < -0.4 is 5.73 Å². The van der Waals surface area contributed by atoms with E-state index in [-0.39, 0.29) is 0 Å². The zero-order valence-corrected chi connectivity index (χ0v) is 8.79. The van der Waals surface area contributed by atoms with E-state index in [0.717, 1.165) is 18.7 Å². The normalized spacial score (nSPS) is 20.8. The third-order valence-corrected chi connectivity index (χ3v) is 2.83. The van der Waals surface area contributed by atoms with Gasteiger partial charge in [-0.3, -0.25) is 0 Å². The summed E-state index contributed by atoms with van der Waals surface area (Å²) in [5.41, 5.74) is 5.74. The largest absolute Gasteiger partial charge is 0.337 e. The van der Waals surface area contributed by atoms with Gasteiger partial charge in [0.2, 0.25) is 5.89 Å². The van der Waals surface area contributed by atoms with Gasteiger partial charge in [-0.2, -0.15) is 4.98 Å². The molecule has 2 rings (SSSR count). The van der Waals surface area contributed by atoms with Crippen molar-refractivity contribution in [3.8, 4) is 0 Å². The molecule has 1 heterocycles. The van der Waals surface area contributed by atoms with E-state index < -0.39 is 5.54 Å². The molecular formula is C10H17N3O. The number of hydrogen-bond acceptors (Lipinski definition) is 4. The standard InChI is InChI=1S/C10H17N3O/c1-3-4-8-12-9(14-13-8)10(2,11)7-5-6-7/h7H,3-6,11H2,1-2H3. The Morgan fingerprint density at radius 3 is 2.86 bits per heavy atom. The van der Waals surface area contributed by atoms with Crippen molar-refractivity contribution in [2.24, 2.45) is 11.7 Å². The van der Waals surface area contributed by atoms with Gasteiger partial charge in [-0.25, -0.2) is 0 Å². The fourth-order valence-corrected chi connectivity index (χ4v) is 1.66. The summed E-state index contributed by atoms with van der Waals surface area (Å²) in [7, 11) is 0. The van der Waals surface area contributed by atoms with Crippen molar-refractivity contribution in [1.82, 2.24) is 10.1 Å². The third kappa shape index (κ3) is 1.66. The summed E-state index contributed by atoms with van der Waals surface area (Å²) in [6.07, 6.45) is 4.25. The van der Waals surface area contributed by atoms with E-state index in [0.29, 0.717) is 11.8 Å². The summed E-state index contributed by atoms with van der Waals surface area (Å²) in [6.45, 7) is 4.08. The molecule has 1 atom stereocenters. The molecule has 78 valence electrons. The maximum Gasteiger partial charge on any atom is 0.246 e. The van der Waals surface area contributed by atoms with Crippen LogP contribution in [0.4, 0.5) is 0 Å². The monoisotopic (exact) mass is 195 g/mol. The number of nitrogens with zero attached hydrogens (tertiary/aromatic N) is 2. The van der Waals surface area contributed by atoms with Gasteiger partial charge in [0.1, 0.15) is 0 Å². The van der Waals surface area contributed by atoms with Crippen molar-refractivity contribution in [2.45, 2.75) is 45.1 Å². The molecule has 1 fully saturated rings. The van der Waals surface area contributed by atoms with Crippen LogP contribution >= 0.6 is 0 Å². The smallest absolute Gasteiger partial charge is 0.246 e. The molecule has 0 aromatic carbocycles. The van der Waals surface area contributed by atoms with E-state index in [1.165, 1.54) is 12.8 Å². The second-order valence-electron chi connectivity index (χ2n) is 4.32. The Morgan fingerprint density at radius 1 is 1.57 bits per heavy atom. The molecule has 1 aliphatic rings. The summed E-state index contributed by atoms with van der Waals surface area (Å²) >= 11 is 0. The molecule has 1 aromatic rings. The highest BCUT2D eigenvalue weighted by molar-refractivity contribution is 5.07. The van der Waals surface area contributed by atoms with Gasteiger partial charge in [-0.15, -0.1) is 0 Å². The molecule has 4 heteroatoms. The lowest BCUT2D eigenvalue weighted by Crippen LogP contribution is -2.35. The van der Waals surface area contributed by atoms with Gasteiger partial charge in [-0.05, 0) is 32.1 Å². The Labute approximate surface area is 83.9 Å². The number of aromatic nitrogens is 2. The summed E-state index contributed by atoms with van der Waals surface area (Å²) in [5.74, 6) is 1.90. The molecule has 0 radical (unpaired) electrons. The number of rotatable bonds is 4. The quantitative estimate of drug-likeness (QED) is 0.792. The Hall–Kier alpha value is -0.900. The molecule has 2 N–H and O–H groups in total. The maximum atomic E-state index is 6.16. The van der Waals surface area contributed by atoms with E-state index in [1.54, 1.807) is 0 Å². The zero-order valence-electron chi connectivity index (χ0n) is 8.79. The minimum atomic E-state index is -0.418. The molecule has 14 heavy (non-hydrogen) atoms. The topological polar surface area (TPSA) is 64.9 Å². The Bertz CT molecular complexity index is 315. The number of hydrogen-bond donors (Lipinski definition) is 1.